The van der Waals surface area contributed by atoms with Crippen LogP contribution in [-0.4, -0.2) is 38.3 Å². The standard InChI is InChI=1S/C22H28N2O3S/c1-24(20-10-6-3-7-11-20)28(26,27)21-14-12-19(13-15-21)22(25)23-17-16-18-8-4-2-5-9-18/h2,4-5,8-9,12-15,20H,3,6-7,10-11,16-17H2,1H3,(H,23,25). The Morgan fingerprint density at radius 1 is 1.00 bits per heavy atom. The lowest BCUT2D eigenvalue weighted by Crippen LogP contribution is -2.38. The van der Waals surface area contributed by atoms with Gasteiger partial charge in [-0.15, -0.1) is 0 Å². The highest BCUT2D eigenvalue weighted by atomic mass is 32.2. The Bertz CT molecular complexity index is 874. The van der Waals surface area contributed by atoms with Crippen molar-refractivity contribution in [2.24, 2.45) is 0 Å². The van der Waals surface area contributed by atoms with Crippen LogP contribution in [0.15, 0.2) is 59.5 Å². The topological polar surface area (TPSA) is 66.5 Å². The summed E-state index contributed by atoms with van der Waals surface area (Å²) in [5, 5.41) is 2.88. The van der Waals surface area contributed by atoms with Gasteiger partial charge in [-0.2, -0.15) is 4.31 Å². The molecule has 0 heterocycles. The Morgan fingerprint density at radius 2 is 1.64 bits per heavy atom. The van der Waals surface area contributed by atoms with Crippen LogP contribution in [0.3, 0.4) is 0 Å². The van der Waals surface area contributed by atoms with Gasteiger partial charge in [0.05, 0.1) is 4.90 Å². The molecule has 0 radical (unpaired) electrons. The van der Waals surface area contributed by atoms with E-state index in [1.54, 1.807) is 19.2 Å². The molecule has 150 valence electrons. The van der Waals surface area contributed by atoms with Crippen molar-refractivity contribution < 1.29 is 13.2 Å². The Hall–Kier alpha value is -2.18. The molecule has 1 amide bonds. The summed E-state index contributed by atoms with van der Waals surface area (Å²) >= 11 is 0. The third-order valence-electron chi connectivity index (χ3n) is 5.42. The minimum atomic E-state index is -3.53. The van der Waals surface area contributed by atoms with Gasteiger partial charge in [-0.05, 0) is 49.1 Å². The van der Waals surface area contributed by atoms with Gasteiger partial charge in [-0.25, -0.2) is 8.42 Å². The van der Waals surface area contributed by atoms with Crippen molar-refractivity contribution in [3.05, 3.63) is 65.7 Å². The number of carbonyl (C=O) groups excluding carboxylic acids is 1. The largest absolute Gasteiger partial charge is 0.352 e. The quantitative estimate of drug-likeness (QED) is 0.772. The fourth-order valence-corrected chi connectivity index (χ4v) is 5.07. The molecule has 6 heteroatoms. The van der Waals surface area contributed by atoms with E-state index < -0.39 is 10.0 Å². The van der Waals surface area contributed by atoms with Crippen molar-refractivity contribution in [2.75, 3.05) is 13.6 Å². The first-order valence-corrected chi connectivity index (χ1v) is 11.3. The second-order valence-corrected chi connectivity index (χ2v) is 9.33. The van der Waals surface area contributed by atoms with E-state index in [0.717, 1.165) is 37.7 Å². The van der Waals surface area contributed by atoms with Crippen LogP contribution in [0.25, 0.3) is 0 Å². The molecular weight excluding hydrogens is 372 g/mol. The first-order valence-electron chi connectivity index (χ1n) is 9.89. The highest BCUT2D eigenvalue weighted by Crippen LogP contribution is 2.26. The highest BCUT2D eigenvalue weighted by Gasteiger charge is 2.29. The zero-order valence-electron chi connectivity index (χ0n) is 16.3. The fraction of sp³-hybridized carbons (Fsp3) is 0.409. The number of carbonyl (C=O) groups is 1. The minimum Gasteiger partial charge on any atom is -0.352 e. The first kappa shape index (κ1) is 20.6. The van der Waals surface area contributed by atoms with E-state index in [4.69, 9.17) is 0 Å². The molecule has 1 aliphatic rings. The molecule has 5 nitrogen and oxygen atoms in total. The molecule has 0 aromatic heterocycles. The third-order valence-corrected chi connectivity index (χ3v) is 7.35. The van der Waals surface area contributed by atoms with Gasteiger partial charge >= 0.3 is 0 Å². The zero-order valence-corrected chi connectivity index (χ0v) is 17.1. The highest BCUT2D eigenvalue weighted by molar-refractivity contribution is 7.89. The number of benzene rings is 2. The van der Waals surface area contributed by atoms with Gasteiger partial charge in [0.15, 0.2) is 0 Å². The van der Waals surface area contributed by atoms with Crippen LogP contribution in [0.5, 0.6) is 0 Å². The van der Waals surface area contributed by atoms with Gasteiger partial charge in [0.2, 0.25) is 10.0 Å². The molecule has 0 atom stereocenters. The molecule has 3 rings (SSSR count). The predicted molar refractivity (Wildman–Crippen MR) is 111 cm³/mol. The Balaban J connectivity index is 1.59. The first-order chi connectivity index (χ1) is 13.5. The molecule has 0 spiro atoms. The molecule has 28 heavy (non-hydrogen) atoms. The smallest absolute Gasteiger partial charge is 0.251 e. The molecule has 2 aromatic rings. The van der Waals surface area contributed by atoms with Gasteiger partial charge < -0.3 is 5.32 Å². The van der Waals surface area contributed by atoms with Crippen molar-refractivity contribution in [3.63, 3.8) is 0 Å². The fourth-order valence-electron chi connectivity index (χ4n) is 3.65. The number of amides is 1. The zero-order chi connectivity index (χ0) is 20.0. The summed E-state index contributed by atoms with van der Waals surface area (Å²) in [6, 6.07) is 16.2. The van der Waals surface area contributed by atoms with Gasteiger partial charge in [0.25, 0.3) is 5.91 Å². The lowest BCUT2D eigenvalue weighted by atomic mass is 9.96. The van der Waals surface area contributed by atoms with Gasteiger partial charge in [-0.1, -0.05) is 49.6 Å². The molecule has 1 N–H and O–H groups in total. The van der Waals surface area contributed by atoms with Crippen molar-refractivity contribution in [1.82, 2.24) is 9.62 Å². The lowest BCUT2D eigenvalue weighted by Gasteiger charge is -2.30. The Kier molecular flexibility index (Phi) is 6.86. The molecular formula is C22H28N2O3S. The van der Waals surface area contributed by atoms with E-state index in [9.17, 15) is 13.2 Å². The maximum absolute atomic E-state index is 12.9. The molecule has 0 bridgehead atoms. The monoisotopic (exact) mass is 400 g/mol. The van der Waals surface area contributed by atoms with Crippen LogP contribution in [0.4, 0.5) is 0 Å². The summed E-state index contributed by atoms with van der Waals surface area (Å²) in [4.78, 5) is 12.5. The van der Waals surface area contributed by atoms with Crippen LogP contribution in [-0.2, 0) is 16.4 Å². The number of rotatable bonds is 7. The van der Waals surface area contributed by atoms with E-state index in [-0.39, 0.29) is 16.8 Å². The molecule has 0 aliphatic heterocycles. The van der Waals surface area contributed by atoms with Crippen molar-refractivity contribution >= 4 is 15.9 Å². The average molecular weight is 401 g/mol. The molecule has 0 unspecified atom stereocenters. The summed E-state index contributed by atoms with van der Waals surface area (Å²) in [7, 11) is -1.87. The molecule has 1 saturated carbocycles. The van der Waals surface area contributed by atoms with Crippen LogP contribution in [0.1, 0.15) is 48.0 Å². The lowest BCUT2D eigenvalue weighted by molar-refractivity contribution is 0.0954. The number of hydrogen-bond donors (Lipinski definition) is 1. The SMILES string of the molecule is CN(C1CCCCC1)S(=O)(=O)c1ccc(C(=O)NCCc2ccccc2)cc1. The van der Waals surface area contributed by atoms with Gasteiger partial charge in [0.1, 0.15) is 0 Å². The molecule has 1 aliphatic carbocycles. The summed E-state index contributed by atoms with van der Waals surface area (Å²) in [6.45, 7) is 0.535. The van der Waals surface area contributed by atoms with Gasteiger partial charge in [-0.3, -0.25) is 4.79 Å². The molecule has 0 saturated heterocycles. The van der Waals surface area contributed by atoms with Crippen LogP contribution in [0.2, 0.25) is 0 Å². The summed E-state index contributed by atoms with van der Waals surface area (Å²) in [5.74, 6) is -0.194. The minimum absolute atomic E-state index is 0.0692. The Morgan fingerprint density at radius 3 is 2.29 bits per heavy atom. The predicted octanol–water partition coefficient (Wildman–Crippen LogP) is 3.61. The summed E-state index contributed by atoms with van der Waals surface area (Å²) in [5.41, 5.74) is 1.63. The second-order valence-electron chi connectivity index (χ2n) is 7.33. The summed E-state index contributed by atoms with van der Waals surface area (Å²) in [6.07, 6.45) is 5.91. The number of sulfonamides is 1. The second kappa shape index (κ2) is 9.34. The van der Waals surface area contributed by atoms with Crippen LogP contribution in [0, 0.1) is 0 Å². The van der Waals surface area contributed by atoms with Gasteiger partial charge in [0, 0.05) is 25.2 Å². The van der Waals surface area contributed by atoms with E-state index >= 15 is 0 Å². The average Bonchev–Trinajstić information content (AvgIpc) is 2.74. The number of hydrogen-bond acceptors (Lipinski definition) is 3. The van der Waals surface area contributed by atoms with Crippen LogP contribution < -0.4 is 5.32 Å². The van der Waals surface area contributed by atoms with E-state index in [2.05, 4.69) is 5.32 Å². The summed E-state index contributed by atoms with van der Waals surface area (Å²) < 4.78 is 27.2. The maximum atomic E-state index is 12.9. The van der Waals surface area contributed by atoms with E-state index in [0.29, 0.717) is 12.1 Å². The van der Waals surface area contributed by atoms with E-state index in [1.165, 1.54) is 22.9 Å². The normalized spacial score (nSPS) is 15.5. The Labute approximate surface area is 167 Å². The van der Waals surface area contributed by atoms with E-state index in [1.807, 2.05) is 30.3 Å². The number of nitrogens with zero attached hydrogens (tertiary/aromatic N) is 1. The van der Waals surface area contributed by atoms with Crippen molar-refractivity contribution in [3.8, 4) is 0 Å². The molecule has 1 fully saturated rings. The van der Waals surface area contributed by atoms with Crippen molar-refractivity contribution in [1.29, 1.82) is 0 Å². The third kappa shape index (κ3) is 5.00. The molecule has 2 aromatic carbocycles. The number of nitrogens with one attached hydrogen (secondary N) is 1. The van der Waals surface area contributed by atoms with Crippen LogP contribution >= 0.6 is 0 Å². The maximum Gasteiger partial charge on any atom is 0.251 e. The van der Waals surface area contributed by atoms with Crippen molar-refractivity contribution in [2.45, 2.75) is 49.5 Å².